The Kier molecular flexibility index (Phi) is 3.99. The van der Waals surface area contributed by atoms with Gasteiger partial charge in [-0.25, -0.2) is 0 Å². The number of non-ortho nitro benzene ring substituents is 1. The second-order valence-electron chi connectivity index (χ2n) is 6.90. The summed E-state index contributed by atoms with van der Waals surface area (Å²) >= 11 is 0. The molecule has 0 fully saturated rings. The van der Waals surface area contributed by atoms with E-state index in [0.717, 1.165) is 16.2 Å². The van der Waals surface area contributed by atoms with Crippen LogP contribution >= 0.6 is 0 Å². The number of amides is 1. The van der Waals surface area contributed by atoms with Crippen molar-refractivity contribution in [2.24, 2.45) is 5.10 Å². The van der Waals surface area contributed by atoms with Crippen LogP contribution in [0.4, 0.5) is 5.69 Å². The van der Waals surface area contributed by atoms with E-state index in [4.69, 9.17) is 9.15 Å². The van der Waals surface area contributed by atoms with Crippen LogP contribution in [-0.2, 0) is 9.53 Å². The lowest BCUT2D eigenvalue weighted by Gasteiger charge is -2.18. The summed E-state index contributed by atoms with van der Waals surface area (Å²) in [5.41, 5.74) is 1.20. The molecule has 0 radical (unpaired) electrons. The van der Waals surface area contributed by atoms with E-state index in [9.17, 15) is 14.9 Å². The number of carbonyl (C=O) groups is 1. The Balaban J connectivity index is 1.53. The highest BCUT2D eigenvalue weighted by molar-refractivity contribution is 6.08. The van der Waals surface area contributed by atoms with Crippen molar-refractivity contribution in [2.45, 2.75) is 13.2 Å². The molecule has 0 aliphatic carbocycles. The average molecular weight is 401 g/mol. The van der Waals surface area contributed by atoms with Gasteiger partial charge >= 0.3 is 0 Å². The van der Waals surface area contributed by atoms with E-state index < -0.39 is 11.2 Å². The second kappa shape index (κ2) is 6.70. The zero-order valence-corrected chi connectivity index (χ0v) is 15.8. The summed E-state index contributed by atoms with van der Waals surface area (Å²) < 4.78 is 11.9. The van der Waals surface area contributed by atoms with Gasteiger partial charge in [-0.05, 0) is 35.0 Å². The van der Waals surface area contributed by atoms with Crippen LogP contribution in [0.2, 0.25) is 0 Å². The first kappa shape index (κ1) is 17.9. The van der Waals surface area contributed by atoms with Gasteiger partial charge in [0.05, 0.1) is 4.92 Å². The number of carbonyl (C=O) groups excluding carboxylic acids is 1. The summed E-state index contributed by atoms with van der Waals surface area (Å²) in [7, 11) is 0. The van der Waals surface area contributed by atoms with Crippen molar-refractivity contribution in [1.82, 2.24) is 5.01 Å². The molecule has 1 aliphatic heterocycles. The molecule has 8 nitrogen and oxygen atoms in total. The van der Waals surface area contributed by atoms with Gasteiger partial charge in [0.15, 0.2) is 5.76 Å². The fraction of sp³-hybridized carbons (Fsp3) is 0.0909. The first-order valence-corrected chi connectivity index (χ1v) is 9.22. The molecule has 2 heterocycles. The van der Waals surface area contributed by atoms with Crippen molar-refractivity contribution < 1.29 is 18.9 Å². The maximum Gasteiger partial charge on any atom is 0.277 e. The highest BCUT2D eigenvalue weighted by Crippen LogP contribution is 2.34. The third-order valence-corrected chi connectivity index (χ3v) is 4.99. The normalized spacial score (nSPS) is 16.0. The third-order valence-electron chi connectivity index (χ3n) is 4.99. The van der Waals surface area contributed by atoms with Gasteiger partial charge in [-0.1, -0.05) is 30.3 Å². The molecular weight excluding hydrogens is 386 g/mol. The summed E-state index contributed by atoms with van der Waals surface area (Å²) in [6.45, 7) is 1.38. The number of nitrogens with zero attached hydrogens (tertiary/aromatic N) is 3. The zero-order chi connectivity index (χ0) is 20.8. The van der Waals surface area contributed by atoms with Gasteiger partial charge < -0.3 is 9.15 Å². The van der Waals surface area contributed by atoms with E-state index in [2.05, 4.69) is 5.10 Å². The number of hydrogen-bond acceptors (Lipinski definition) is 6. The molecule has 3 aromatic carbocycles. The quantitative estimate of drug-likeness (QED) is 0.365. The number of nitro benzene ring substituents is 1. The van der Waals surface area contributed by atoms with Crippen LogP contribution in [0.25, 0.3) is 21.7 Å². The Morgan fingerprint density at radius 1 is 1.07 bits per heavy atom. The number of ether oxygens (including phenoxy) is 1. The first-order valence-electron chi connectivity index (χ1n) is 9.22. The molecule has 0 saturated carbocycles. The van der Waals surface area contributed by atoms with Crippen LogP contribution in [0, 0.1) is 10.1 Å². The molecule has 0 N–H and O–H groups in total. The topological polar surface area (TPSA) is 98.2 Å². The molecule has 0 saturated heterocycles. The standard InChI is InChI=1S/C22H15N3O5/c1-13(26)24-22(15-6-9-16(10-7-15)25(27)28)30-21(23-24)20-12-18-17-5-3-2-4-14(17)8-11-19(18)29-20/h2-12,22H,1H3. The lowest BCUT2D eigenvalue weighted by atomic mass is 10.1. The summed E-state index contributed by atoms with van der Waals surface area (Å²) in [4.78, 5) is 22.5. The molecule has 148 valence electrons. The number of hydrogen-bond donors (Lipinski definition) is 0. The lowest BCUT2D eigenvalue weighted by Crippen LogP contribution is -2.25. The second-order valence-corrected chi connectivity index (χ2v) is 6.90. The molecule has 0 bridgehead atoms. The van der Waals surface area contributed by atoms with E-state index in [1.54, 1.807) is 12.1 Å². The maximum absolute atomic E-state index is 12.1. The first-order chi connectivity index (χ1) is 14.5. The van der Waals surface area contributed by atoms with Crippen molar-refractivity contribution in [1.29, 1.82) is 0 Å². The largest absolute Gasteiger partial charge is 0.451 e. The third kappa shape index (κ3) is 2.86. The molecule has 0 spiro atoms. The van der Waals surface area contributed by atoms with Gasteiger partial charge in [0.2, 0.25) is 12.1 Å². The van der Waals surface area contributed by atoms with E-state index in [1.807, 2.05) is 42.5 Å². The molecule has 5 rings (SSSR count). The molecular formula is C22H15N3O5. The molecule has 30 heavy (non-hydrogen) atoms. The van der Waals surface area contributed by atoms with Crippen molar-refractivity contribution in [3.05, 3.63) is 88.2 Å². The molecule has 1 amide bonds. The van der Waals surface area contributed by atoms with Crippen molar-refractivity contribution in [3.63, 3.8) is 0 Å². The Bertz CT molecular complexity index is 1340. The molecule has 1 atom stereocenters. The minimum atomic E-state index is -0.830. The van der Waals surface area contributed by atoms with Crippen LogP contribution in [0.15, 0.2) is 76.2 Å². The number of furan rings is 1. The SMILES string of the molecule is CC(=O)N1N=C(c2cc3c(ccc4ccccc43)o2)OC1c1ccc([N+](=O)[O-])cc1. The summed E-state index contributed by atoms with van der Waals surface area (Å²) in [5.74, 6) is 0.251. The van der Waals surface area contributed by atoms with Gasteiger partial charge in [0.1, 0.15) is 5.58 Å². The van der Waals surface area contributed by atoms with E-state index in [0.29, 0.717) is 16.9 Å². The van der Waals surface area contributed by atoms with E-state index in [-0.39, 0.29) is 17.5 Å². The van der Waals surface area contributed by atoms with Crippen molar-refractivity contribution >= 4 is 39.2 Å². The van der Waals surface area contributed by atoms with Crippen LogP contribution < -0.4 is 0 Å². The number of hydrazone groups is 1. The fourth-order valence-corrected chi connectivity index (χ4v) is 3.54. The van der Waals surface area contributed by atoms with Crippen LogP contribution in [0.3, 0.4) is 0 Å². The molecule has 1 aromatic heterocycles. The Morgan fingerprint density at radius 3 is 2.57 bits per heavy atom. The summed E-state index contributed by atoms with van der Waals surface area (Å²) in [6.07, 6.45) is -0.830. The summed E-state index contributed by atoms with van der Waals surface area (Å²) in [5, 5.41) is 19.4. The minimum Gasteiger partial charge on any atom is -0.451 e. The molecule has 8 heteroatoms. The van der Waals surface area contributed by atoms with E-state index >= 15 is 0 Å². The highest BCUT2D eigenvalue weighted by atomic mass is 16.6. The maximum atomic E-state index is 12.1. The Labute approximate surface area is 170 Å². The van der Waals surface area contributed by atoms with Crippen LogP contribution in [0.5, 0.6) is 0 Å². The highest BCUT2D eigenvalue weighted by Gasteiger charge is 2.34. The Morgan fingerprint density at radius 2 is 1.83 bits per heavy atom. The van der Waals surface area contributed by atoms with Gasteiger partial charge in [0, 0.05) is 30.0 Å². The van der Waals surface area contributed by atoms with Gasteiger partial charge in [-0.3, -0.25) is 14.9 Å². The van der Waals surface area contributed by atoms with Crippen LogP contribution in [-0.4, -0.2) is 21.7 Å². The Hall–Kier alpha value is -4.20. The smallest absolute Gasteiger partial charge is 0.277 e. The summed E-state index contributed by atoms with van der Waals surface area (Å²) in [6, 6.07) is 19.5. The predicted octanol–water partition coefficient (Wildman–Crippen LogP) is 4.73. The van der Waals surface area contributed by atoms with Crippen LogP contribution in [0.1, 0.15) is 24.5 Å². The number of nitro groups is 1. The van der Waals surface area contributed by atoms with Gasteiger partial charge in [-0.2, -0.15) is 5.01 Å². The molecule has 1 unspecified atom stereocenters. The van der Waals surface area contributed by atoms with Crippen molar-refractivity contribution in [3.8, 4) is 0 Å². The van der Waals surface area contributed by atoms with Crippen molar-refractivity contribution in [2.75, 3.05) is 0 Å². The minimum absolute atomic E-state index is 0.0450. The number of rotatable bonds is 3. The fourth-order valence-electron chi connectivity index (χ4n) is 3.54. The van der Waals surface area contributed by atoms with Gasteiger partial charge in [0.25, 0.3) is 11.6 Å². The molecule has 4 aromatic rings. The monoisotopic (exact) mass is 401 g/mol. The molecule has 1 aliphatic rings. The average Bonchev–Trinajstić information content (AvgIpc) is 3.38. The number of fused-ring (bicyclic) bond motifs is 3. The predicted molar refractivity (Wildman–Crippen MR) is 110 cm³/mol. The van der Waals surface area contributed by atoms with Gasteiger partial charge in [-0.15, -0.1) is 5.10 Å². The van der Waals surface area contributed by atoms with E-state index in [1.165, 1.54) is 24.1 Å². The lowest BCUT2D eigenvalue weighted by molar-refractivity contribution is -0.384. The zero-order valence-electron chi connectivity index (χ0n) is 15.8. The number of benzene rings is 3.